The first-order valence-corrected chi connectivity index (χ1v) is 12.0. The molecule has 4 rings (SSSR count). The van der Waals surface area contributed by atoms with Crippen molar-refractivity contribution in [1.29, 1.82) is 0 Å². The zero-order chi connectivity index (χ0) is 24.1. The molecule has 0 heterocycles. The molecule has 2 aliphatic carbocycles. The van der Waals surface area contributed by atoms with Gasteiger partial charge in [0.2, 0.25) is 5.91 Å². The highest BCUT2D eigenvalue weighted by Crippen LogP contribution is 2.44. The van der Waals surface area contributed by atoms with E-state index >= 15 is 0 Å². The van der Waals surface area contributed by atoms with Crippen LogP contribution in [-0.4, -0.2) is 54.2 Å². The number of benzene rings is 2. The second kappa shape index (κ2) is 10.7. The standard InChI is InChI=1S/C27H32N2O5/c1-29(16-7-6-15-25(30)31)26(32)22-13-8-14-24(22)28-27(33)34-17-23-20-11-4-2-9-18(20)19-10-3-5-12-21(19)23/h2-5,9-12,22-24H,6-8,13-17H2,1H3,(H,28,33)(H,30,31). The number of aliphatic carboxylic acids is 1. The maximum absolute atomic E-state index is 12.9. The molecule has 7 nitrogen and oxygen atoms in total. The highest BCUT2D eigenvalue weighted by molar-refractivity contribution is 5.81. The molecule has 180 valence electrons. The summed E-state index contributed by atoms with van der Waals surface area (Å²) in [5, 5.41) is 11.7. The lowest BCUT2D eigenvalue weighted by Gasteiger charge is -2.26. The van der Waals surface area contributed by atoms with Gasteiger partial charge in [-0.3, -0.25) is 9.59 Å². The number of hydrogen-bond acceptors (Lipinski definition) is 4. The number of nitrogens with one attached hydrogen (secondary N) is 1. The molecule has 2 aliphatic rings. The molecule has 34 heavy (non-hydrogen) atoms. The molecule has 2 aromatic rings. The number of fused-ring (bicyclic) bond motifs is 3. The third kappa shape index (κ3) is 5.24. The van der Waals surface area contributed by atoms with Gasteiger partial charge >= 0.3 is 12.1 Å². The molecule has 2 amide bonds. The molecule has 0 aliphatic heterocycles. The van der Waals surface area contributed by atoms with Gasteiger partial charge in [-0.05, 0) is 47.9 Å². The van der Waals surface area contributed by atoms with Crippen LogP contribution in [0.15, 0.2) is 48.5 Å². The predicted molar refractivity (Wildman–Crippen MR) is 128 cm³/mol. The summed E-state index contributed by atoms with van der Waals surface area (Å²) in [6.45, 7) is 0.759. The van der Waals surface area contributed by atoms with Crippen molar-refractivity contribution in [3.05, 3.63) is 59.7 Å². The van der Waals surface area contributed by atoms with Crippen LogP contribution in [0.25, 0.3) is 11.1 Å². The van der Waals surface area contributed by atoms with Gasteiger partial charge in [0.25, 0.3) is 0 Å². The van der Waals surface area contributed by atoms with Crippen LogP contribution in [-0.2, 0) is 14.3 Å². The van der Waals surface area contributed by atoms with Crippen molar-refractivity contribution in [3.63, 3.8) is 0 Å². The molecule has 1 saturated carbocycles. The van der Waals surface area contributed by atoms with Gasteiger partial charge < -0.3 is 20.1 Å². The first-order chi connectivity index (χ1) is 16.5. The van der Waals surface area contributed by atoms with Crippen LogP contribution < -0.4 is 5.32 Å². The van der Waals surface area contributed by atoms with Crippen LogP contribution in [0.5, 0.6) is 0 Å². The quantitative estimate of drug-likeness (QED) is 0.536. The number of rotatable bonds is 9. The molecular formula is C27H32N2O5. The zero-order valence-corrected chi connectivity index (χ0v) is 19.5. The number of nitrogens with zero attached hydrogens (tertiary/aromatic N) is 1. The largest absolute Gasteiger partial charge is 0.481 e. The number of carbonyl (C=O) groups is 3. The number of carboxylic acids is 1. The van der Waals surface area contributed by atoms with Gasteiger partial charge in [-0.1, -0.05) is 55.0 Å². The Kier molecular flexibility index (Phi) is 7.50. The third-order valence-electron chi connectivity index (χ3n) is 6.99. The summed E-state index contributed by atoms with van der Waals surface area (Å²) in [6, 6.07) is 16.2. The molecule has 1 fully saturated rings. The monoisotopic (exact) mass is 464 g/mol. The summed E-state index contributed by atoms with van der Waals surface area (Å²) < 4.78 is 5.66. The van der Waals surface area contributed by atoms with E-state index in [2.05, 4.69) is 29.6 Å². The minimum Gasteiger partial charge on any atom is -0.481 e. The van der Waals surface area contributed by atoms with Gasteiger partial charge in [0, 0.05) is 32.0 Å². The van der Waals surface area contributed by atoms with Crippen molar-refractivity contribution in [3.8, 4) is 11.1 Å². The number of carbonyl (C=O) groups excluding carboxylic acids is 2. The number of unbranched alkanes of at least 4 members (excludes halogenated alkanes) is 1. The summed E-state index contributed by atoms with van der Waals surface area (Å²) >= 11 is 0. The van der Waals surface area contributed by atoms with Crippen LogP contribution in [0.4, 0.5) is 4.79 Å². The highest BCUT2D eigenvalue weighted by Gasteiger charge is 2.36. The van der Waals surface area contributed by atoms with Crippen molar-refractivity contribution in [2.24, 2.45) is 5.92 Å². The van der Waals surface area contributed by atoms with Crippen molar-refractivity contribution in [2.75, 3.05) is 20.2 Å². The molecule has 0 radical (unpaired) electrons. The maximum Gasteiger partial charge on any atom is 0.407 e. The average molecular weight is 465 g/mol. The Hall–Kier alpha value is -3.35. The van der Waals surface area contributed by atoms with E-state index in [1.54, 1.807) is 11.9 Å². The molecule has 7 heteroatoms. The summed E-state index contributed by atoms with van der Waals surface area (Å²) in [6.07, 6.45) is 3.15. The molecule has 0 aromatic heterocycles. The number of hydrogen-bond donors (Lipinski definition) is 2. The Morgan fingerprint density at radius 1 is 1.00 bits per heavy atom. The van der Waals surface area contributed by atoms with E-state index in [0.717, 1.165) is 30.4 Å². The van der Waals surface area contributed by atoms with Crippen molar-refractivity contribution in [1.82, 2.24) is 10.2 Å². The molecule has 0 spiro atoms. The van der Waals surface area contributed by atoms with Crippen LogP contribution in [0.1, 0.15) is 55.6 Å². The van der Waals surface area contributed by atoms with E-state index in [0.29, 0.717) is 19.4 Å². The predicted octanol–water partition coefficient (Wildman–Crippen LogP) is 4.41. The van der Waals surface area contributed by atoms with Gasteiger partial charge in [-0.25, -0.2) is 4.79 Å². The van der Waals surface area contributed by atoms with Crippen LogP contribution in [0.3, 0.4) is 0 Å². The fraction of sp³-hybridized carbons (Fsp3) is 0.444. The highest BCUT2D eigenvalue weighted by atomic mass is 16.5. The Morgan fingerprint density at radius 2 is 1.65 bits per heavy atom. The van der Waals surface area contributed by atoms with E-state index in [1.165, 1.54) is 11.1 Å². The van der Waals surface area contributed by atoms with Crippen molar-refractivity contribution in [2.45, 2.75) is 50.5 Å². The normalized spacial score (nSPS) is 18.7. The minimum absolute atomic E-state index is 0.00299. The van der Waals surface area contributed by atoms with Gasteiger partial charge in [0.15, 0.2) is 0 Å². The van der Waals surface area contributed by atoms with E-state index in [1.807, 2.05) is 24.3 Å². The van der Waals surface area contributed by atoms with E-state index < -0.39 is 12.1 Å². The first-order valence-electron chi connectivity index (χ1n) is 12.0. The van der Waals surface area contributed by atoms with E-state index in [4.69, 9.17) is 9.84 Å². The Balaban J connectivity index is 1.31. The zero-order valence-electron chi connectivity index (χ0n) is 19.5. The number of carboxylic acid groups (broad SMARTS) is 1. The molecule has 2 N–H and O–H groups in total. The fourth-order valence-electron chi connectivity index (χ4n) is 5.24. The Labute approximate surface area is 200 Å². The van der Waals surface area contributed by atoms with Gasteiger partial charge in [-0.15, -0.1) is 0 Å². The second-order valence-corrected chi connectivity index (χ2v) is 9.22. The SMILES string of the molecule is CN(CCCCC(=O)O)C(=O)C1CCCC1NC(=O)OCC1c2ccccc2-c2ccccc21. The summed E-state index contributed by atoms with van der Waals surface area (Å²) in [5.41, 5.74) is 4.68. The first kappa shape index (κ1) is 23.8. The summed E-state index contributed by atoms with van der Waals surface area (Å²) in [4.78, 5) is 37.9. The number of amides is 2. The fourth-order valence-corrected chi connectivity index (χ4v) is 5.24. The average Bonchev–Trinajstić information content (AvgIpc) is 3.42. The third-order valence-corrected chi connectivity index (χ3v) is 6.99. The van der Waals surface area contributed by atoms with E-state index in [9.17, 15) is 14.4 Å². The maximum atomic E-state index is 12.9. The molecule has 2 aromatic carbocycles. The Morgan fingerprint density at radius 3 is 2.29 bits per heavy atom. The molecular weight excluding hydrogens is 432 g/mol. The second-order valence-electron chi connectivity index (χ2n) is 9.22. The number of alkyl carbamates (subject to hydrolysis) is 1. The van der Waals surface area contributed by atoms with E-state index in [-0.39, 0.29) is 36.8 Å². The molecule has 0 bridgehead atoms. The smallest absolute Gasteiger partial charge is 0.407 e. The topological polar surface area (TPSA) is 95.9 Å². The lowest BCUT2D eigenvalue weighted by molar-refractivity contribution is -0.137. The van der Waals surface area contributed by atoms with Gasteiger partial charge in [0.05, 0.1) is 5.92 Å². The molecule has 0 saturated heterocycles. The molecule has 2 atom stereocenters. The Bertz CT molecular complexity index is 1010. The van der Waals surface area contributed by atoms with Crippen molar-refractivity contribution < 1.29 is 24.2 Å². The van der Waals surface area contributed by atoms with Crippen LogP contribution in [0.2, 0.25) is 0 Å². The lowest BCUT2D eigenvalue weighted by atomic mass is 9.98. The van der Waals surface area contributed by atoms with Gasteiger partial charge in [0.1, 0.15) is 6.61 Å². The van der Waals surface area contributed by atoms with Crippen LogP contribution in [0, 0.1) is 5.92 Å². The van der Waals surface area contributed by atoms with Crippen molar-refractivity contribution >= 4 is 18.0 Å². The number of ether oxygens (including phenoxy) is 1. The minimum atomic E-state index is -0.822. The lowest BCUT2D eigenvalue weighted by Crippen LogP contribution is -2.45. The van der Waals surface area contributed by atoms with Crippen LogP contribution >= 0.6 is 0 Å². The molecule has 2 unspecified atom stereocenters. The summed E-state index contributed by atoms with van der Waals surface area (Å²) in [7, 11) is 1.74. The summed E-state index contributed by atoms with van der Waals surface area (Å²) in [5.74, 6) is -1.10. The van der Waals surface area contributed by atoms with Gasteiger partial charge in [-0.2, -0.15) is 0 Å².